The molecule has 0 radical (unpaired) electrons. The van der Waals surface area contributed by atoms with Gasteiger partial charge in [0.1, 0.15) is 5.67 Å². The van der Waals surface area contributed by atoms with E-state index in [1.54, 1.807) is 0 Å². The lowest BCUT2D eigenvalue weighted by atomic mass is 10.2. The van der Waals surface area contributed by atoms with Crippen LogP contribution in [0.1, 0.15) is 25.7 Å². The van der Waals surface area contributed by atoms with Gasteiger partial charge in [0, 0.05) is 19.1 Å². The topological polar surface area (TPSA) is 29.3 Å². The Morgan fingerprint density at radius 3 is 2.69 bits per heavy atom. The molecule has 1 saturated carbocycles. The van der Waals surface area contributed by atoms with Crippen molar-refractivity contribution < 1.29 is 4.39 Å². The monoisotopic (exact) mass is 208 g/mol. The molecule has 4 heteroatoms. The predicted molar refractivity (Wildman–Crippen MR) is 54.0 cm³/mol. The molecule has 0 aromatic heterocycles. The summed E-state index contributed by atoms with van der Waals surface area (Å²) in [6.07, 6.45) is 3.88. The maximum Gasteiger partial charge on any atom is 0.123 e. The van der Waals surface area contributed by atoms with Crippen molar-refractivity contribution >= 4 is 12.4 Å². The van der Waals surface area contributed by atoms with Crippen molar-refractivity contribution in [3.05, 3.63) is 0 Å². The predicted octanol–water partition coefficient (Wildman–Crippen LogP) is 1.33. The zero-order valence-corrected chi connectivity index (χ0v) is 8.65. The number of likely N-dealkylation sites (tertiary alicyclic amines) is 1. The lowest BCUT2D eigenvalue weighted by Gasteiger charge is -2.24. The molecule has 78 valence electrons. The zero-order chi connectivity index (χ0) is 8.60. The van der Waals surface area contributed by atoms with Gasteiger partial charge in [-0.2, -0.15) is 0 Å². The lowest BCUT2D eigenvalue weighted by Crippen LogP contribution is -2.39. The molecule has 1 aliphatic carbocycles. The van der Waals surface area contributed by atoms with Crippen molar-refractivity contribution in [2.45, 2.75) is 37.4 Å². The molecule has 2 aliphatic rings. The van der Waals surface area contributed by atoms with Crippen LogP contribution in [0.4, 0.5) is 4.39 Å². The van der Waals surface area contributed by atoms with Crippen LogP contribution in [0.15, 0.2) is 0 Å². The number of halogens is 2. The second-order valence-electron chi connectivity index (χ2n) is 4.15. The number of hydrogen-bond donors (Lipinski definition) is 1. The largest absolute Gasteiger partial charge is 0.329 e. The normalized spacial score (nSPS) is 31.4. The minimum absolute atomic E-state index is 0. The quantitative estimate of drug-likeness (QED) is 0.759. The SMILES string of the molecule is Cl.NCC1CCCN1CC1(F)CC1. The molecule has 2 N–H and O–H groups in total. The van der Waals surface area contributed by atoms with Crippen LogP contribution < -0.4 is 5.73 Å². The minimum Gasteiger partial charge on any atom is -0.329 e. The summed E-state index contributed by atoms with van der Waals surface area (Å²) < 4.78 is 13.4. The van der Waals surface area contributed by atoms with Crippen LogP contribution in [0.3, 0.4) is 0 Å². The number of hydrogen-bond acceptors (Lipinski definition) is 2. The fourth-order valence-electron chi connectivity index (χ4n) is 2.03. The van der Waals surface area contributed by atoms with Gasteiger partial charge in [0.2, 0.25) is 0 Å². The molecule has 1 aliphatic heterocycles. The highest BCUT2D eigenvalue weighted by Crippen LogP contribution is 2.41. The third kappa shape index (κ3) is 2.55. The van der Waals surface area contributed by atoms with Gasteiger partial charge in [-0.1, -0.05) is 0 Å². The van der Waals surface area contributed by atoms with Gasteiger partial charge in [-0.25, -0.2) is 4.39 Å². The van der Waals surface area contributed by atoms with E-state index in [0.29, 0.717) is 19.1 Å². The van der Waals surface area contributed by atoms with Crippen LogP contribution in [-0.4, -0.2) is 36.2 Å². The van der Waals surface area contributed by atoms with Crippen LogP contribution >= 0.6 is 12.4 Å². The average molecular weight is 209 g/mol. The number of nitrogens with zero attached hydrogens (tertiary/aromatic N) is 1. The Morgan fingerprint density at radius 2 is 2.15 bits per heavy atom. The fourth-order valence-corrected chi connectivity index (χ4v) is 2.03. The van der Waals surface area contributed by atoms with Crippen LogP contribution in [0.2, 0.25) is 0 Å². The maximum atomic E-state index is 13.4. The molecule has 2 fully saturated rings. The summed E-state index contributed by atoms with van der Waals surface area (Å²) in [5.74, 6) is 0. The van der Waals surface area contributed by atoms with Crippen LogP contribution in [-0.2, 0) is 0 Å². The van der Waals surface area contributed by atoms with Crippen molar-refractivity contribution in [2.24, 2.45) is 5.73 Å². The molecule has 0 aromatic rings. The molecule has 0 aromatic carbocycles. The second-order valence-corrected chi connectivity index (χ2v) is 4.15. The molecule has 2 nitrogen and oxygen atoms in total. The third-order valence-electron chi connectivity index (χ3n) is 3.05. The van der Waals surface area contributed by atoms with E-state index in [0.717, 1.165) is 25.8 Å². The maximum absolute atomic E-state index is 13.4. The van der Waals surface area contributed by atoms with Gasteiger partial charge in [0.25, 0.3) is 0 Å². The van der Waals surface area contributed by atoms with Crippen molar-refractivity contribution in [2.75, 3.05) is 19.6 Å². The molecule has 1 saturated heterocycles. The summed E-state index contributed by atoms with van der Waals surface area (Å²) in [7, 11) is 0. The van der Waals surface area contributed by atoms with E-state index in [1.807, 2.05) is 0 Å². The highest BCUT2D eigenvalue weighted by molar-refractivity contribution is 5.85. The van der Waals surface area contributed by atoms with Gasteiger partial charge in [0.05, 0.1) is 0 Å². The van der Waals surface area contributed by atoms with Gasteiger partial charge in [0.15, 0.2) is 0 Å². The van der Waals surface area contributed by atoms with Crippen molar-refractivity contribution in [3.8, 4) is 0 Å². The lowest BCUT2D eigenvalue weighted by molar-refractivity contribution is 0.167. The zero-order valence-electron chi connectivity index (χ0n) is 7.84. The van der Waals surface area contributed by atoms with E-state index in [4.69, 9.17) is 5.73 Å². The van der Waals surface area contributed by atoms with E-state index in [-0.39, 0.29) is 12.4 Å². The van der Waals surface area contributed by atoms with Crippen molar-refractivity contribution in [1.82, 2.24) is 4.90 Å². The Hall–Kier alpha value is 0.140. The molecule has 1 heterocycles. The van der Waals surface area contributed by atoms with Gasteiger partial charge >= 0.3 is 0 Å². The first-order valence-electron chi connectivity index (χ1n) is 4.87. The van der Waals surface area contributed by atoms with Crippen molar-refractivity contribution in [1.29, 1.82) is 0 Å². The number of nitrogens with two attached hydrogens (primary N) is 1. The van der Waals surface area contributed by atoms with Crippen LogP contribution in [0, 0.1) is 0 Å². The van der Waals surface area contributed by atoms with Gasteiger partial charge < -0.3 is 5.73 Å². The molecule has 2 rings (SSSR count). The molecular weight excluding hydrogens is 191 g/mol. The molecule has 1 unspecified atom stereocenters. The summed E-state index contributed by atoms with van der Waals surface area (Å²) in [6, 6.07) is 0.457. The Labute approximate surface area is 85.1 Å². The Kier molecular flexibility index (Phi) is 3.55. The molecular formula is C9H18ClFN2. The van der Waals surface area contributed by atoms with Crippen LogP contribution in [0.25, 0.3) is 0 Å². The molecule has 13 heavy (non-hydrogen) atoms. The van der Waals surface area contributed by atoms with E-state index in [1.165, 1.54) is 6.42 Å². The first-order chi connectivity index (χ1) is 5.73. The Bertz CT molecular complexity index is 173. The fraction of sp³-hybridized carbons (Fsp3) is 1.00. The number of alkyl halides is 1. The first-order valence-corrected chi connectivity index (χ1v) is 4.87. The molecule has 1 atom stereocenters. The Balaban J connectivity index is 0.000000845. The van der Waals surface area contributed by atoms with E-state index < -0.39 is 5.67 Å². The second kappa shape index (κ2) is 4.11. The smallest absolute Gasteiger partial charge is 0.123 e. The van der Waals surface area contributed by atoms with Gasteiger partial charge in [-0.05, 0) is 32.2 Å². The average Bonchev–Trinajstić information content (AvgIpc) is 2.64. The summed E-state index contributed by atoms with van der Waals surface area (Å²) in [5, 5.41) is 0. The minimum atomic E-state index is -0.836. The highest BCUT2D eigenvalue weighted by atomic mass is 35.5. The summed E-state index contributed by atoms with van der Waals surface area (Å²) in [5.41, 5.74) is 4.76. The first kappa shape index (κ1) is 11.2. The highest BCUT2D eigenvalue weighted by Gasteiger charge is 2.45. The van der Waals surface area contributed by atoms with Gasteiger partial charge in [-0.15, -0.1) is 12.4 Å². The van der Waals surface area contributed by atoms with Crippen LogP contribution in [0.5, 0.6) is 0 Å². The van der Waals surface area contributed by atoms with E-state index >= 15 is 0 Å². The third-order valence-corrected chi connectivity index (χ3v) is 3.05. The van der Waals surface area contributed by atoms with Crippen molar-refractivity contribution in [3.63, 3.8) is 0 Å². The van der Waals surface area contributed by atoms with E-state index in [2.05, 4.69) is 4.90 Å². The Morgan fingerprint density at radius 1 is 1.46 bits per heavy atom. The molecule has 0 amide bonds. The molecule has 0 bridgehead atoms. The summed E-state index contributed by atoms with van der Waals surface area (Å²) >= 11 is 0. The molecule has 0 spiro atoms. The standard InChI is InChI=1S/C9H17FN2.ClH/c10-9(3-4-9)7-12-5-1-2-8(12)6-11;/h8H,1-7,11H2;1H. The van der Waals surface area contributed by atoms with E-state index in [9.17, 15) is 4.39 Å². The number of rotatable bonds is 3. The summed E-state index contributed by atoms with van der Waals surface area (Å²) in [6.45, 7) is 2.37. The summed E-state index contributed by atoms with van der Waals surface area (Å²) in [4.78, 5) is 2.23. The van der Waals surface area contributed by atoms with Gasteiger partial charge in [-0.3, -0.25) is 4.90 Å².